The average Bonchev–Trinajstić information content (AvgIpc) is 3.30. The number of nitrogens with zero attached hydrogens (tertiary/aromatic N) is 3. The predicted molar refractivity (Wildman–Crippen MR) is 128 cm³/mol. The first-order chi connectivity index (χ1) is 15.7. The third kappa shape index (κ3) is 4.20. The second-order valence-corrected chi connectivity index (χ2v) is 9.40. The highest BCUT2D eigenvalue weighted by Crippen LogP contribution is 2.44. The Hall–Kier alpha value is -3.70. The lowest BCUT2D eigenvalue weighted by molar-refractivity contribution is -0.131. The van der Waals surface area contributed by atoms with Crippen LogP contribution < -0.4 is 10.1 Å². The van der Waals surface area contributed by atoms with Gasteiger partial charge < -0.3 is 10.1 Å². The normalized spacial score (nSPS) is 20.5. The SMILES string of the molecule is CC(C)Oc1ccc([C@H]2C(=O)N(C)C(=N)N[C@]2(C)c2cc(-c3cccc(C#N)c3)cs2)nc1. The maximum atomic E-state index is 13.4. The summed E-state index contributed by atoms with van der Waals surface area (Å²) in [6.45, 7) is 5.82. The van der Waals surface area contributed by atoms with Gasteiger partial charge in [-0.25, -0.2) is 0 Å². The van der Waals surface area contributed by atoms with E-state index in [4.69, 9.17) is 10.1 Å². The van der Waals surface area contributed by atoms with Gasteiger partial charge in [0.15, 0.2) is 5.96 Å². The summed E-state index contributed by atoms with van der Waals surface area (Å²) in [4.78, 5) is 20.2. The fourth-order valence-electron chi connectivity index (χ4n) is 4.01. The van der Waals surface area contributed by atoms with E-state index in [0.717, 1.165) is 16.0 Å². The van der Waals surface area contributed by atoms with E-state index in [0.29, 0.717) is 17.0 Å². The third-order valence-corrected chi connectivity index (χ3v) is 6.90. The van der Waals surface area contributed by atoms with E-state index in [1.807, 2.05) is 62.5 Å². The maximum absolute atomic E-state index is 13.4. The number of likely N-dealkylation sites (N-methyl/N-ethyl adjacent to an activating group) is 1. The van der Waals surface area contributed by atoms with Gasteiger partial charge >= 0.3 is 0 Å². The Morgan fingerprint density at radius 1 is 1.27 bits per heavy atom. The van der Waals surface area contributed by atoms with E-state index in [1.165, 1.54) is 16.2 Å². The first-order valence-electron chi connectivity index (χ1n) is 10.6. The van der Waals surface area contributed by atoms with Gasteiger partial charge in [0.2, 0.25) is 5.91 Å². The Labute approximate surface area is 197 Å². The molecular weight excluding hydrogens is 434 g/mol. The summed E-state index contributed by atoms with van der Waals surface area (Å²) in [7, 11) is 1.59. The number of guanidine groups is 1. The van der Waals surface area contributed by atoms with Gasteiger partial charge in [0.25, 0.3) is 0 Å². The van der Waals surface area contributed by atoms with Crippen molar-refractivity contribution in [3.05, 3.63) is 70.2 Å². The summed E-state index contributed by atoms with van der Waals surface area (Å²) in [5, 5.41) is 22.8. The second-order valence-electron chi connectivity index (χ2n) is 8.48. The zero-order valence-corrected chi connectivity index (χ0v) is 19.7. The summed E-state index contributed by atoms with van der Waals surface area (Å²) in [5.41, 5.74) is 2.21. The van der Waals surface area contributed by atoms with Crippen LogP contribution in [0.25, 0.3) is 11.1 Å². The average molecular weight is 460 g/mol. The second kappa shape index (κ2) is 8.68. The van der Waals surface area contributed by atoms with Gasteiger partial charge in [0, 0.05) is 11.9 Å². The molecular formula is C25H25N5O2S. The molecule has 2 N–H and O–H groups in total. The summed E-state index contributed by atoms with van der Waals surface area (Å²) in [6.07, 6.45) is 1.66. The summed E-state index contributed by atoms with van der Waals surface area (Å²) in [6, 6.07) is 15.2. The van der Waals surface area contributed by atoms with Crippen LogP contribution in [0.5, 0.6) is 5.75 Å². The van der Waals surface area contributed by atoms with E-state index >= 15 is 0 Å². The number of carbonyl (C=O) groups excluding carboxylic acids is 1. The number of hydrogen-bond donors (Lipinski definition) is 2. The van der Waals surface area contributed by atoms with Crippen molar-refractivity contribution in [1.29, 1.82) is 10.7 Å². The minimum Gasteiger partial charge on any atom is -0.489 e. The van der Waals surface area contributed by atoms with Crippen LogP contribution in [-0.4, -0.2) is 34.9 Å². The molecule has 8 heteroatoms. The molecule has 1 amide bonds. The van der Waals surface area contributed by atoms with Gasteiger partial charge in [-0.1, -0.05) is 12.1 Å². The van der Waals surface area contributed by atoms with Gasteiger partial charge in [-0.3, -0.25) is 20.1 Å². The van der Waals surface area contributed by atoms with E-state index in [9.17, 15) is 10.1 Å². The molecule has 0 saturated carbocycles. The molecule has 0 aliphatic carbocycles. The third-order valence-electron chi connectivity index (χ3n) is 5.73. The van der Waals surface area contributed by atoms with E-state index in [2.05, 4.69) is 16.4 Å². The number of nitrogens with one attached hydrogen (secondary N) is 2. The molecule has 3 heterocycles. The van der Waals surface area contributed by atoms with Gasteiger partial charge in [0.05, 0.1) is 35.2 Å². The highest BCUT2D eigenvalue weighted by atomic mass is 32.1. The van der Waals surface area contributed by atoms with Crippen LogP contribution in [0.4, 0.5) is 0 Å². The first-order valence-corrected chi connectivity index (χ1v) is 11.5. The standard InChI is InChI=1S/C25H25N5O2S/c1-15(2)32-19-8-9-20(28-13-19)22-23(31)30(4)24(27)29-25(22,3)21-11-18(14-33-21)17-7-5-6-16(10-17)12-26/h5-11,13-15,22H,1-4H3,(H2,27,29)/t22-,25+/m0/s1. The molecule has 0 bridgehead atoms. The first kappa shape index (κ1) is 22.5. The van der Waals surface area contributed by atoms with Crippen molar-refractivity contribution < 1.29 is 9.53 Å². The topological polar surface area (TPSA) is 102 Å². The molecule has 0 radical (unpaired) electrons. The van der Waals surface area contributed by atoms with Crippen LogP contribution in [0, 0.1) is 16.7 Å². The lowest BCUT2D eigenvalue weighted by Crippen LogP contribution is -2.62. The summed E-state index contributed by atoms with van der Waals surface area (Å²) in [5.74, 6) is -0.155. The van der Waals surface area contributed by atoms with Crippen molar-refractivity contribution in [2.75, 3.05) is 7.05 Å². The van der Waals surface area contributed by atoms with Crippen molar-refractivity contribution in [1.82, 2.24) is 15.2 Å². The molecule has 2 atom stereocenters. The van der Waals surface area contributed by atoms with Gasteiger partial charge in [-0.15, -0.1) is 11.3 Å². The fourth-order valence-corrected chi connectivity index (χ4v) is 5.08. The highest BCUT2D eigenvalue weighted by molar-refractivity contribution is 7.10. The van der Waals surface area contributed by atoms with E-state index in [1.54, 1.807) is 19.3 Å². The molecule has 0 unspecified atom stereocenters. The molecule has 1 aliphatic heterocycles. The number of hydrogen-bond acceptors (Lipinski definition) is 6. The number of nitriles is 1. The number of amides is 1. The summed E-state index contributed by atoms with van der Waals surface area (Å²) < 4.78 is 5.70. The predicted octanol–water partition coefficient (Wildman–Crippen LogP) is 4.46. The molecule has 1 fully saturated rings. The number of thiophene rings is 1. The molecule has 4 rings (SSSR count). The van der Waals surface area contributed by atoms with Gasteiger partial charge in [-0.2, -0.15) is 5.26 Å². The lowest BCUT2D eigenvalue weighted by Gasteiger charge is -2.44. The molecule has 168 valence electrons. The zero-order valence-electron chi connectivity index (χ0n) is 18.9. The smallest absolute Gasteiger partial charge is 0.240 e. The van der Waals surface area contributed by atoms with Gasteiger partial charge in [0.1, 0.15) is 11.7 Å². The molecule has 3 aromatic rings. The van der Waals surface area contributed by atoms with Crippen molar-refractivity contribution in [3.63, 3.8) is 0 Å². The van der Waals surface area contributed by atoms with Crippen molar-refractivity contribution in [2.24, 2.45) is 0 Å². The van der Waals surface area contributed by atoms with Crippen molar-refractivity contribution >= 4 is 23.2 Å². The number of carbonyl (C=O) groups is 1. The largest absolute Gasteiger partial charge is 0.489 e. The molecule has 0 spiro atoms. The maximum Gasteiger partial charge on any atom is 0.240 e. The van der Waals surface area contributed by atoms with E-state index in [-0.39, 0.29) is 18.0 Å². The molecule has 1 saturated heterocycles. The molecule has 2 aromatic heterocycles. The van der Waals surface area contributed by atoms with Crippen LogP contribution in [0.2, 0.25) is 0 Å². The molecule has 7 nitrogen and oxygen atoms in total. The molecule has 1 aromatic carbocycles. The van der Waals surface area contributed by atoms with Gasteiger partial charge in [-0.05, 0) is 67.6 Å². The Morgan fingerprint density at radius 3 is 2.73 bits per heavy atom. The van der Waals surface area contributed by atoms with Crippen LogP contribution >= 0.6 is 11.3 Å². The van der Waals surface area contributed by atoms with Crippen molar-refractivity contribution in [2.45, 2.75) is 38.3 Å². The van der Waals surface area contributed by atoms with Crippen LogP contribution in [0.3, 0.4) is 0 Å². The number of pyridine rings is 1. The number of aromatic nitrogens is 1. The lowest BCUT2D eigenvalue weighted by atomic mass is 9.78. The van der Waals surface area contributed by atoms with Crippen LogP contribution in [-0.2, 0) is 10.3 Å². The van der Waals surface area contributed by atoms with E-state index < -0.39 is 11.5 Å². The van der Waals surface area contributed by atoms with Crippen LogP contribution in [0.1, 0.15) is 42.8 Å². The van der Waals surface area contributed by atoms with Crippen molar-refractivity contribution in [3.8, 4) is 22.9 Å². The summed E-state index contributed by atoms with van der Waals surface area (Å²) >= 11 is 1.51. The van der Waals surface area contributed by atoms with Crippen LogP contribution in [0.15, 0.2) is 54.0 Å². The Balaban J connectivity index is 1.75. The fraction of sp³-hybridized carbons (Fsp3) is 0.280. The molecule has 33 heavy (non-hydrogen) atoms. The minimum absolute atomic E-state index is 0.0246. The Kier molecular flexibility index (Phi) is 5.91. The Morgan fingerprint density at radius 2 is 2.06 bits per heavy atom. The Bertz CT molecular complexity index is 1240. The monoisotopic (exact) mass is 459 g/mol. The highest BCUT2D eigenvalue weighted by Gasteiger charge is 2.49. The quantitative estimate of drug-likeness (QED) is 0.586. The minimum atomic E-state index is -0.871. The molecule has 1 aliphatic rings. The zero-order chi connectivity index (χ0) is 23.8. The number of ether oxygens (including phenoxy) is 1. The number of benzene rings is 1. The number of rotatable bonds is 5.